The highest BCUT2D eigenvalue weighted by Gasteiger charge is 2.18. The normalized spacial score (nSPS) is 12.2. The average Bonchev–Trinajstić information content (AvgIpc) is 2.26. The largest absolute Gasteiger partial charge is 0.460 e. The second kappa shape index (κ2) is 6.23. The Morgan fingerprint density at radius 2 is 1.80 bits per heavy atom. The second-order valence-corrected chi connectivity index (χ2v) is 7.07. The first kappa shape index (κ1) is 16.5. The molecule has 0 atom stereocenters. The van der Waals surface area contributed by atoms with E-state index in [0.29, 0.717) is 5.69 Å². The van der Waals surface area contributed by atoms with Crippen LogP contribution in [0, 0.1) is 0 Å². The number of hydrogen-bond donors (Lipinski definition) is 2. The molecule has 6 nitrogen and oxygen atoms in total. The lowest BCUT2D eigenvalue weighted by molar-refractivity contribution is -0.154. The van der Waals surface area contributed by atoms with E-state index in [2.05, 4.69) is 4.72 Å². The van der Waals surface area contributed by atoms with E-state index in [9.17, 15) is 13.2 Å². The molecule has 3 N–H and O–H groups in total. The maximum Gasteiger partial charge on any atom is 0.307 e. The number of carbonyl (C=O) groups is 1. The summed E-state index contributed by atoms with van der Waals surface area (Å²) in [6.07, 6.45) is -0.0223. The minimum absolute atomic E-state index is 0.0123. The monoisotopic (exact) mass is 300 g/mol. The van der Waals surface area contributed by atoms with Crippen LogP contribution in [0.3, 0.4) is 0 Å². The first-order chi connectivity index (χ1) is 9.10. The lowest BCUT2D eigenvalue weighted by atomic mass is 10.2. The average molecular weight is 300 g/mol. The van der Waals surface area contributed by atoms with Crippen molar-refractivity contribution in [3.8, 4) is 0 Å². The molecule has 0 aliphatic rings. The van der Waals surface area contributed by atoms with Crippen molar-refractivity contribution in [2.45, 2.75) is 37.7 Å². The van der Waals surface area contributed by atoms with Crippen molar-refractivity contribution in [1.82, 2.24) is 4.72 Å². The van der Waals surface area contributed by atoms with Gasteiger partial charge in [-0.2, -0.15) is 0 Å². The molecular weight excluding hydrogens is 280 g/mol. The summed E-state index contributed by atoms with van der Waals surface area (Å²) in [5.74, 6) is -0.447. The molecule has 0 aliphatic heterocycles. The first-order valence-corrected chi connectivity index (χ1v) is 7.65. The van der Waals surface area contributed by atoms with Crippen molar-refractivity contribution in [3.63, 3.8) is 0 Å². The Kier molecular flexibility index (Phi) is 5.13. The number of carbonyl (C=O) groups excluding carboxylic acids is 1. The highest BCUT2D eigenvalue weighted by Crippen LogP contribution is 2.12. The van der Waals surface area contributed by atoms with E-state index in [1.165, 1.54) is 24.3 Å². The fourth-order valence-corrected chi connectivity index (χ4v) is 2.44. The van der Waals surface area contributed by atoms with Crippen LogP contribution in [0.25, 0.3) is 0 Å². The summed E-state index contributed by atoms with van der Waals surface area (Å²) >= 11 is 0. The van der Waals surface area contributed by atoms with E-state index >= 15 is 0 Å². The standard InChI is InChI=1S/C13H20N2O4S/c1-13(2,3)19-12(16)8-9-15-20(17,18)11-6-4-10(14)5-7-11/h4-7,15H,8-9,14H2,1-3H3. The van der Waals surface area contributed by atoms with Crippen molar-refractivity contribution < 1.29 is 17.9 Å². The summed E-state index contributed by atoms with van der Waals surface area (Å²) in [4.78, 5) is 11.6. The van der Waals surface area contributed by atoms with Crippen LogP contribution in [0.5, 0.6) is 0 Å². The lowest BCUT2D eigenvalue weighted by Crippen LogP contribution is -2.29. The molecule has 0 unspecified atom stereocenters. The smallest absolute Gasteiger partial charge is 0.307 e. The number of sulfonamides is 1. The van der Waals surface area contributed by atoms with Crippen LogP contribution in [0.2, 0.25) is 0 Å². The molecule has 112 valence electrons. The minimum atomic E-state index is -3.63. The molecule has 0 amide bonds. The molecule has 7 heteroatoms. The van der Waals surface area contributed by atoms with Crippen LogP contribution >= 0.6 is 0 Å². The summed E-state index contributed by atoms with van der Waals surface area (Å²) in [5, 5.41) is 0. The van der Waals surface area contributed by atoms with Gasteiger partial charge in [0.25, 0.3) is 0 Å². The van der Waals surface area contributed by atoms with Crippen LogP contribution in [-0.2, 0) is 19.6 Å². The molecule has 0 aliphatic carbocycles. The summed E-state index contributed by atoms with van der Waals surface area (Å²) < 4.78 is 31.2. The van der Waals surface area contributed by atoms with Gasteiger partial charge in [0.05, 0.1) is 11.3 Å². The molecule has 20 heavy (non-hydrogen) atoms. The highest BCUT2D eigenvalue weighted by atomic mass is 32.2. The topological polar surface area (TPSA) is 98.5 Å². The van der Waals surface area contributed by atoms with Gasteiger partial charge in [-0.1, -0.05) is 0 Å². The fourth-order valence-electron chi connectivity index (χ4n) is 1.41. The molecule has 0 fully saturated rings. The Morgan fingerprint density at radius 1 is 1.25 bits per heavy atom. The van der Waals surface area contributed by atoms with Gasteiger partial charge in [-0.15, -0.1) is 0 Å². The maximum absolute atomic E-state index is 11.9. The van der Waals surface area contributed by atoms with Gasteiger partial charge >= 0.3 is 5.97 Å². The molecule has 1 aromatic carbocycles. The van der Waals surface area contributed by atoms with E-state index in [1.54, 1.807) is 20.8 Å². The summed E-state index contributed by atoms with van der Waals surface area (Å²) in [6.45, 7) is 5.25. The first-order valence-electron chi connectivity index (χ1n) is 6.17. The van der Waals surface area contributed by atoms with Crippen LogP contribution in [0.1, 0.15) is 27.2 Å². The molecule has 0 aromatic heterocycles. The summed E-state index contributed by atoms with van der Waals surface area (Å²) in [7, 11) is -3.63. The number of rotatable bonds is 5. The van der Waals surface area contributed by atoms with E-state index in [1.807, 2.05) is 0 Å². The van der Waals surface area contributed by atoms with Gasteiger partial charge < -0.3 is 10.5 Å². The van der Waals surface area contributed by atoms with Crippen LogP contribution in [-0.4, -0.2) is 26.5 Å². The van der Waals surface area contributed by atoms with Crippen LogP contribution < -0.4 is 10.5 Å². The zero-order valence-electron chi connectivity index (χ0n) is 11.8. The zero-order chi connectivity index (χ0) is 15.4. The van der Waals surface area contributed by atoms with Crippen molar-refractivity contribution in [3.05, 3.63) is 24.3 Å². The number of nitrogens with one attached hydrogen (secondary N) is 1. The Hall–Kier alpha value is -1.60. The van der Waals surface area contributed by atoms with E-state index < -0.39 is 21.6 Å². The lowest BCUT2D eigenvalue weighted by Gasteiger charge is -2.19. The van der Waals surface area contributed by atoms with Crippen LogP contribution in [0.15, 0.2) is 29.2 Å². The third-order valence-electron chi connectivity index (χ3n) is 2.23. The number of anilines is 1. The highest BCUT2D eigenvalue weighted by molar-refractivity contribution is 7.89. The van der Waals surface area contributed by atoms with Crippen molar-refractivity contribution in [2.75, 3.05) is 12.3 Å². The van der Waals surface area contributed by atoms with Crippen molar-refractivity contribution >= 4 is 21.7 Å². The zero-order valence-corrected chi connectivity index (χ0v) is 12.7. The van der Waals surface area contributed by atoms with E-state index in [-0.39, 0.29) is 17.9 Å². The van der Waals surface area contributed by atoms with Gasteiger partial charge in [-0.3, -0.25) is 4.79 Å². The molecule has 1 aromatic rings. The second-order valence-electron chi connectivity index (χ2n) is 5.30. The van der Waals surface area contributed by atoms with E-state index in [0.717, 1.165) is 0 Å². The number of hydrogen-bond acceptors (Lipinski definition) is 5. The molecule has 0 bridgehead atoms. The SMILES string of the molecule is CC(C)(C)OC(=O)CCNS(=O)(=O)c1ccc(N)cc1. The van der Waals surface area contributed by atoms with Gasteiger partial charge in [-0.05, 0) is 45.0 Å². The Morgan fingerprint density at radius 3 is 2.30 bits per heavy atom. The molecule has 0 spiro atoms. The van der Waals surface area contributed by atoms with Gasteiger partial charge in [-0.25, -0.2) is 13.1 Å². The number of esters is 1. The van der Waals surface area contributed by atoms with Gasteiger partial charge in [0, 0.05) is 12.2 Å². The molecule has 0 saturated carbocycles. The molecule has 0 radical (unpaired) electrons. The third-order valence-corrected chi connectivity index (χ3v) is 3.71. The maximum atomic E-state index is 11.9. The third kappa shape index (κ3) is 5.58. The number of benzene rings is 1. The fraction of sp³-hybridized carbons (Fsp3) is 0.462. The van der Waals surface area contributed by atoms with Gasteiger partial charge in [0.1, 0.15) is 5.60 Å². The van der Waals surface area contributed by atoms with Crippen molar-refractivity contribution in [1.29, 1.82) is 0 Å². The molecule has 1 rings (SSSR count). The molecule has 0 heterocycles. The quantitative estimate of drug-likeness (QED) is 0.630. The Balaban J connectivity index is 2.53. The number of nitrogens with two attached hydrogens (primary N) is 1. The Bertz CT molecular complexity index is 559. The number of nitrogen functional groups attached to an aromatic ring is 1. The van der Waals surface area contributed by atoms with Gasteiger partial charge in [0.15, 0.2) is 0 Å². The predicted octanol–water partition coefficient (Wildman–Crippen LogP) is 1.28. The Labute approximate surface area is 119 Å². The molecular formula is C13H20N2O4S. The van der Waals surface area contributed by atoms with Crippen LogP contribution in [0.4, 0.5) is 5.69 Å². The van der Waals surface area contributed by atoms with Crippen molar-refractivity contribution in [2.24, 2.45) is 0 Å². The molecule has 0 saturated heterocycles. The summed E-state index contributed by atoms with van der Waals surface area (Å²) in [5.41, 5.74) is 5.40. The van der Waals surface area contributed by atoms with E-state index in [4.69, 9.17) is 10.5 Å². The predicted molar refractivity (Wildman–Crippen MR) is 76.5 cm³/mol. The minimum Gasteiger partial charge on any atom is -0.460 e. The van der Waals surface area contributed by atoms with Gasteiger partial charge in [0.2, 0.25) is 10.0 Å². The summed E-state index contributed by atoms with van der Waals surface area (Å²) in [6, 6.07) is 5.82. The number of ether oxygens (including phenoxy) is 1.